The number of thiol groups is 1. The molecule has 0 aliphatic rings. The maximum absolute atomic E-state index is 5.53. The molecule has 1 aromatic rings. The first kappa shape index (κ1) is 8.46. The maximum Gasteiger partial charge on any atom is 0.145 e. The summed E-state index contributed by atoms with van der Waals surface area (Å²) < 4.78 is 1.89. The van der Waals surface area contributed by atoms with Gasteiger partial charge in [0.05, 0.1) is 5.69 Å². The van der Waals surface area contributed by atoms with Gasteiger partial charge >= 0.3 is 0 Å². The molecule has 0 aliphatic carbocycles. The monoisotopic (exact) mass is 171 g/mol. The first-order valence-electron chi connectivity index (χ1n) is 3.60. The number of hydrogen-bond donors (Lipinski definition) is 2. The molecule has 62 valence electrons. The summed E-state index contributed by atoms with van der Waals surface area (Å²) in [5.41, 5.74) is 6.60. The Morgan fingerprint density at radius 1 is 1.73 bits per heavy atom. The van der Waals surface area contributed by atoms with Gasteiger partial charge in [0.15, 0.2) is 0 Å². The Morgan fingerprint density at radius 2 is 2.36 bits per heavy atom. The van der Waals surface area contributed by atoms with Gasteiger partial charge in [0, 0.05) is 17.9 Å². The maximum atomic E-state index is 5.53. The lowest BCUT2D eigenvalue weighted by atomic mass is 10.4. The molecule has 2 N–H and O–H groups in total. The lowest BCUT2D eigenvalue weighted by Crippen LogP contribution is -2.06. The molecule has 0 radical (unpaired) electrons. The van der Waals surface area contributed by atoms with Crippen LogP contribution >= 0.6 is 12.6 Å². The van der Waals surface area contributed by atoms with E-state index in [1.54, 1.807) is 0 Å². The quantitative estimate of drug-likeness (QED) is 0.662. The van der Waals surface area contributed by atoms with E-state index in [1.807, 2.05) is 10.7 Å². The summed E-state index contributed by atoms with van der Waals surface area (Å²) in [4.78, 5) is 0. The van der Waals surface area contributed by atoms with Crippen LogP contribution in [0.4, 0.5) is 5.82 Å². The molecule has 0 saturated heterocycles. The molecule has 4 heteroatoms. The van der Waals surface area contributed by atoms with E-state index in [0.29, 0.717) is 17.6 Å². The Morgan fingerprint density at radius 3 is 2.73 bits per heavy atom. The van der Waals surface area contributed by atoms with Gasteiger partial charge in [0.1, 0.15) is 5.82 Å². The van der Waals surface area contributed by atoms with Crippen molar-refractivity contribution in [3.05, 3.63) is 11.8 Å². The largest absolute Gasteiger partial charge is 0.382 e. The number of nitrogen functional groups attached to an aromatic ring is 1. The van der Waals surface area contributed by atoms with E-state index < -0.39 is 0 Å². The summed E-state index contributed by atoms with van der Waals surface area (Å²) in [6, 6.07) is 2.21. The number of rotatable bonds is 2. The van der Waals surface area contributed by atoms with E-state index in [0.717, 1.165) is 5.69 Å². The van der Waals surface area contributed by atoms with E-state index >= 15 is 0 Å². The third kappa shape index (κ3) is 1.68. The standard InChI is InChI=1S/C7H13N3S/c1-5(2)10-6(4-11)3-7(8)9-10/h3,5,11H,4H2,1-2H3,(H2,8,9). The van der Waals surface area contributed by atoms with Crippen molar-refractivity contribution in [2.45, 2.75) is 25.6 Å². The highest BCUT2D eigenvalue weighted by atomic mass is 32.1. The smallest absolute Gasteiger partial charge is 0.145 e. The number of aromatic nitrogens is 2. The van der Waals surface area contributed by atoms with Crippen LogP contribution in [0.3, 0.4) is 0 Å². The summed E-state index contributed by atoms with van der Waals surface area (Å²) in [5, 5.41) is 4.13. The molecule has 11 heavy (non-hydrogen) atoms. The molecule has 3 nitrogen and oxygen atoms in total. The topological polar surface area (TPSA) is 43.8 Å². The number of hydrogen-bond acceptors (Lipinski definition) is 3. The van der Waals surface area contributed by atoms with Crippen molar-refractivity contribution in [3.63, 3.8) is 0 Å². The molecule has 0 aliphatic heterocycles. The fourth-order valence-corrected chi connectivity index (χ4v) is 1.26. The fourth-order valence-electron chi connectivity index (χ4n) is 1.02. The number of nitrogens with zero attached hydrogens (tertiary/aromatic N) is 2. The highest BCUT2D eigenvalue weighted by molar-refractivity contribution is 7.79. The summed E-state index contributed by atoms with van der Waals surface area (Å²) in [6.07, 6.45) is 0. The van der Waals surface area contributed by atoms with Crippen LogP contribution in [0, 0.1) is 0 Å². The molecular formula is C7H13N3S. The van der Waals surface area contributed by atoms with Gasteiger partial charge in [-0.25, -0.2) is 0 Å². The van der Waals surface area contributed by atoms with Crippen molar-refractivity contribution in [3.8, 4) is 0 Å². The lowest BCUT2D eigenvalue weighted by molar-refractivity contribution is 0.519. The first-order chi connectivity index (χ1) is 5.15. The SMILES string of the molecule is CC(C)n1nc(N)cc1CS. The first-order valence-corrected chi connectivity index (χ1v) is 4.23. The fraction of sp³-hybridized carbons (Fsp3) is 0.571. The van der Waals surface area contributed by atoms with Crippen molar-refractivity contribution in [1.82, 2.24) is 9.78 Å². The summed E-state index contributed by atoms with van der Waals surface area (Å²) in [5.74, 6) is 1.25. The summed E-state index contributed by atoms with van der Waals surface area (Å²) in [7, 11) is 0. The van der Waals surface area contributed by atoms with E-state index in [-0.39, 0.29) is 0 Å². The molecule has 0 amide bonds. The molecule has 1 aromatic heterocycles. The highest BCUT2D eigenvalue weighted by Gasteiger charge is 2.06. The molecule has 0 fully saturated rings. The minimum absolute atomic E-state index is 0.356. The second kappa shape index (κ2) is 3.17. The van der Waals surface area contributed by atoms with Gasteiger partial charge in [-0.2, -0.15) is 17.7 Å². The molecule has 1 heterocycles. The minimum Gasteiger partial charge on any atom is -0.382 e. The zero-order valence-corrected chi connectivity index (χ0v) is 7.68. The van der Waals surface area contributed by atoms with Gasteiger partial charge in [-0.3, -0.25) is 4.68 Å². The van der Waals surface area contributed by atoms with E-state index in [2.05, 4.69) is 31.6 Å². The van der Waals surface area contributed by atoms with Gasteiger partial charge in [0.25, 0.3) is 0 Å². The minimum atomic E-state index is 0.356. The molecule has 0 atom stereocenters. The van der Waals surface area contributed by atoms with Crippen LogP contribution in [0.2, 0.25) is 0 Å². The van der Waals surface area contributed by atoms with Crippen molar-refractivity contribution >= 4 is 18.4 Å². The second-order valence-corrected chi connectivity index (χ2v) is 3.07. The molecule has 0 unspecified atom stereocenters. The molecule has 0 aromatic carbocycles. The van der Waals surface area contributed by atoms with Crippen LogP contribution in [0.15, 0.2) is 6.07 Å². The highest BCUT2D eigenvalue weighted by Crippen LogP contribution is 2.13. The summed E-state index contributed by atoms with van der Waals surface area (Å²) >= 11 is 4.17. The molecule has 0 saturated carbocycles. The van der Waals surface area contributed by atoms with Gasteiger partial charge in [-0.05, 0) is 13.8 Å². The van der Waals surface area contributed by atoms with Crippen LogP contribution in [0.5, 0.6) is 0 Å². The van der Waals surface area contributed by atoms with Crippen molar-refractivity contribution < 1.29 is 0 Å². The summed E-state index contributed by atoms with van der Waals surface area (Å²) in [6.45, 7) is 4.14. The van der Waals surface area contributed by atoms with Gasteiger partial charge in [-0.15, -0.1) is 0 Å². The third-order valence-electron chi connectivity index (χ3n) is 1.48. The molecule has 0 spiro atoms. The Bertz CT molecular complexity index is 242. The predicted molar refractivity (Wildman–Crippen MR) is 49.7 cm³/mol. The van der Waals surface area contributed by atoms with Crippen molar-refractivity contribution in [2.75, 3.05) is 5.73 Å². The predicted octanol–water partition coefficient (Wildman–Crippen LogP) is 1.48. The Balaban J connectivity index is 3.02. The van der Waals surface area contributed by atoms with E-state index in [4.69, 9.17) is 5.73 Å². The van der Waals surface area contributed by atoms with Gasteiger partial charge < -0.3 is 5.73 Å². The van der Waals surface area contributed by atoms with E-state index in [9.17, 15) is 0 Å². The average Bonchev–Trinajstić information content (AvgIpc) is 2.30. The molecule has 1 rings (SSSR count). The van der Waals surface area contributed by atoms with Gasteiger partial charge in [0.2, 0.25) is 0 Å². The zero-order chi connectivity index (χ0) is 8.43. The second-order valence-electron chi connectivity index (χ2n) is 2.76. The molecule has 0 bridgehead atoms. The Kier molecular flexibility index (Phi) is 2.44. The van der Waals surface area contributed by atoms with Crippen LogP contribution in [0.1, 0.15) is 25.6 Å². The van der Waals surface area contributed by atoms with Crippen LogP contribution in [0.25, 0.3) is 0 Å². The molecular weight excluding hydrogens is 158 g/mol. The van der Waals surface area contributed by atoms with Gasteiger partial charge in [-0.1, -0.05) is 0 Å². The number of anilines is 1. The Labute approximate surface area is 72.0 Å². The van der Waals surface area contributed by atoms with Crippen LogP contribution in [-0.2, 0) is 5.75 Å². The normalized spacial score (nSPS) is 10.9. The third-order valence-corrected chi connectivity index (χ3v) is 1.81. The van der Waals surface area contributed by atoms with Crippen molar-refractivity contribution in [1.29, 1.82) is 0 Å². The Hall–Kier alpha value is -0.640. The van der Waals surface area contributed by atoms with Crippen LogP contribution in [-0.4, -0.2) is 9.78 Å². The zero-order valence-electron chi connectivity index (χ0n) is 6.78. The number of nitrogens with two attached hydrogens (primary N) is 1. The van der Waals surface area contributed by atoms with Crippen LogP contribution < -0.4 is 5.73 Å². The van der Waals surface area contributed by atoms with E-state index in [1.165, 1.54) is 0 Å². The lowest BCUT2D eigenvalue weighted by Gasteiger charge is -2.07. The van der Waals surface area contributed by atoms with Crippen molar-refractivity contribution in [2.24, 2.45) is 0 Å². The average molecular weight is 171 g/mol.